The fourth-order valence-electron chi connectivity index (χ4n) is 3.66. The van der Waals surface area contributed by atoms with E-state index in [1.54, 1.807) is 18.7 Å². The first-order valence-corrected chi connectivity index (χ1v) is 12.6. The molecule has 2 aliphatic rings. The standard InChI is InChI=1S/C22H18F3N3O5S3/c1-3-26-12-9-11(22(23,24)25)5-6-13(12)33-15(26)8-7-14-18(31)27(4-2)20(35-14)17-19(32)28(10-16(29)30)21(34)36-17/h5-9H,3-4,10H2,1-2H3,(H,29,30)/b14-7+,15-8-,20-17-. The van der Waals surface area contributed by atoms with Crippen LogP contribution in [0.15, 0.2) is 35.0 Å². The highest BCUT2D eigenvalue weighted by atomic mass is 32.2. The normalized spacial score (nSPS) is 18.9. The molecule has 3 heterocycles. The number of hydrogen-bond donors (Lipinski definition) is 1. The molecule has 1 aromatic carbocycles. The summed E-state index contributed by atoms with van der Waals surface area (Å²) < 4.78 is 47.3. The van der Waals surface area contributed by atoms with Crippen molar-refractivity contribution in [2.24, 2.45) is 0 Å². The number of aliphatic carboxylic acids is 1. The highest BCUT2D eigenvalue weighted by molar-refractivity contribution is 8.30. The quantitative estimate of drug-likeness (QED) is 0.561. The number of alkyl halides is 3. The van der Waals surface area contributed by atoms with E-state index in [0.29, 0.717) is 11.2 Å². The second-order valence-electron chi connectivity index (χ2n) is 7.50. The summed E-state index contributed by atoms with van der Waals surface area (Å²) in [5, 5.41) is 9.04. The molecule has 8 nitrogen and oxygen atoms in total. The Balaban J connectivity index is 1.76. The van der Waals surface area contributed by atoms with Crippen LogP contribution in [0.1, 0.15) is 19.4 Å². The number of thiocarbonyl (C=S) groups is 1. The van der Waals surface area contributed by atoms with Gasteiger partial charge in [-0.25, -0.2) is 0 Å². The number of hydrogen-bond acceptors (Lipinski definition) is 8. The van der Waals surface area contributed by atoms with Crippen molar-refractivity contribution in [1.29, 1.82) is 0 Å². The topological polar surface area (TPSA) is 92.1 Å². The highest BCUT2D eigenvalue weighted by Crippen LogP contribution is 2.42. The van der Waals surface area contributed by atoms with Crippen LogP contribution < -0.4 is 24.4 Å². The van der Waals surface area contributed by atoms with E-state index < -0.39 is 30.2 Å². The van der Waals surface area contributed by atoms with Crippen molar-refractivity contribution in [3.63, 3.8) is 0 Å². The number of halogens is 3. The molecule has 0 atom stereocenters. The zero-order chi connectivity index (χ0) is 26.4. The van der Waals surface area contributed by atoms with Gasteiger partial charge < -0.3 is 14.7 Å². The van der Waals surface area contributed by atoms with E-state index in [-0.39, 0.29) is 43.2 Å². The van der Waals surface area contributed by atoms with Gasteiger partial charge in [-0.15, -0.1) is 11.3 Å². The monoisotopic (exact) mass is 557 g/mol. The number of ether oxygens (including phenoxy) is 1. The Morgan fingerprint density at radius 2 is 1.89 bits per heavy atom. The maximum Gasteiger partial charge on any atom is 0.416 e. The van der Waals surface area contributed by atoms with Crippen molar-refractivity contribution in [3.8, 4) is 5.75 Å². The van der Waals surface area contributed by atoms with Crippen LogP contribution in [0.25, 0.3) is 11.0 Å². The fourth-order valence-corrected chi connectivity index (χ4v) is 6.18. The number of amides is 1. The third-order valence-corrected chi connectivity index (χ3v) is 8.03. The van der Waals surface area contributed by atoms with E-state index in [0.717, 1.165) is 40.1 Å². The Bertz CT molecular complexity index is 1490. The van der Waals surface area contributed by atoms with Gasteiger partial charge >= 0.3 is 12.1 Å². The van der Waals surface area contributed by atoms with Gasteiger partial charge in [-0.3, -0.25) is 23.9 Å². The Morgan fingerprint density at radius 1 is 1.17 bits per heavy atom. The first kappa shape index (κ1) is 26.0. The van der Waals surface area contributed by atoms with E-state index in [9.17, 15) is 27.6 Å². The molecule has 4 rings (SSSR count). The molecule has 1 N–H and O–H groups in total. The maximum atomic E-state index is 13.2. The molecule has 0 aliphatic carbocycles. The Morgan fingerprint density at radius 3 is 2.50 bits per heavy atom. The minimum atomic E-state index is -4.50. The number of fused-ring (bicyclic) bond motifs is 1. The lowest BCUT2D eigenvalue weighted by molar-refractivity contribution is -0.140. The Hall–Kier alpha value is -3.10. The SMILES string of the molecule is CCN1/C(=C/C=c2/s/c(=C3\SC(=S)N(CC(=O)O)C3=O)n(CC)c2=O)Oc2ccc(C(F)(F)F)cc21. The Labute approximate surface area is 215 Å². The predicted octanol–water partition coefficient (Wildman–Crippen LogP) is 2.54. The summed E-state index contributed by atoms with van der Waals surface area (Å²) in [5.41, 5.74) is -0.913. The number of carboxylic acids is 1. The lowest BCUT2D eigenvalue weighted by Crippen LogP contribution is -2.35. The molecule has 2 aliphatic heterocycles. The van der Waals surface area contributed by atoms with Crippen molar-refractivity contribution in [3.05, 3.63) is 55.3 Å². The molecule has 1 fully saturated rings. The number of carbonyl (C=O) groups is 2. The van der Waals surface area contributed by atoms with Gasteiger partial charge in [0.1, 0.15) is 20.4 Å². The van der Waals surface area contributed by atoms with Gasteiger partial charge in [-0.05, 0) is 38.1 Å². The zero-order valence-electron chi connectivity index (χ0n) is 18.8. The fraction of sp³-hybridized carbons (Fsp3) is 0.273. The Kier molecular flexibility index (Phi) is 7.03. The van der Waals surface area contributed by atoms with Crippen LogP contribution in [0.3, 0.4) is 0 Å². The molecule has 190 valence electrons. The van der Waals surface area contributed by atoms with Crippen LogP contribution >= 0.6 is 35.3 Å². The van der Waals surface area contributed by atoms with Gasteiger partial charge in [0.05, 0.1) is 15.8 Å². The summed E-state index contributed by atoms with van der Waals surface area (Å²) in [7, 11) is 0. The summed E-state index contributed by atoms with van der Waals surface area (Å²) in [4.78, 5) is 39.6. The number of benzene rings is 1. The van der Waals surface area contributed by atoms with Crippen LogP contribution in [0.4, 0.5) is 18.9 Å². The van der Waals surface area contributed by atoms with Crippen LogP contribution in [-0.4, -0.2) is 43.9 Å². The van der Waals surface area contributed by atoms with Crippen molar-refractivity contribution in [2.45, 2.75) is 26.6 Å². The zero-order valence-corrected chi connectivity index (χ0v) is 21.2. The summed E-state index contributed by atoms with van der Waals surface area (Å²) >= 11 is 7.10. The molecular formula is C22H18F3N3O5S3. The van der Waals surface area contributed by atoms with Gasteiger partial charge in [-0.2, -0.15) is 13.2 Å². The first-order valence-electron chi connectivity index (χ1n) is 10.5. The van der Waals surface area contributed by atoms with Crippen LogP contribution in [0, 0.1) is 0 Å². The molecule has 1 saturated heterocycles. The lowest BCUT2D eigenvalue weighted by Gasteiger charge is -2.16. The highest BCUT2D eigenvalue weighted by Gasteiger charge is 2.36. The van der Waals surface area contributed by atoms with E-state index in [1.165, 1.54) is 22.8 Å². The van der Waals surface area contributed by atoms with Crippen LogP contribution in [-0.2, 0) is 22.3 Å². The molecule has 0 spiro atoms. The molecular weight excluding hydrogens is 539 g/mol. The largest absolute Gasteiger partial charge is 0.480 e. The van der Waals surface area contributed by atoms with E-state index in [1.807, 2.05) is 0 Å². The average Bonchev–Trinajstić information content (AvgIpc) is 3.42. The molecule has 36 heavy (non-hydrogen) atoms. The summed E-state index contributed by atoms with van der Waals surface area (Å²) in [6.45, 7) is 3.47. The molecule has 0 radical (unpaired) electrons. The van der Waals surface area contributed by atoms with Gasteiger partial charge in [0.25, 0.3) is 11.5 Å². The molecule has 1 amide bonds. The number of allylic oxidation sites excluding steroid dienone is 1. The number of anilines is 1. The predicted molar refractivity (Wildman–Crippen MR) is 134 cm³/mol. The summed E-state index contributed by atoms with van der Waals surface area (Å²) in [6, 6.07) is 3.20. The number of carboxylic acid groups (broad SMARTS) is 1. The molecule has 0 saturated carbocycles. The maximum absolute atomic E-state index is 13.2. The second kappa shape index (κ2) is 9.75. The molecule has 2 aromatic rings. The van der Waals surface area contributed by atoms with Gasteiger partial charge in [0, 0.05) is 19.2 Å². The van der Waals surface area contributed by atoms with Gasteiger partial charge in [0.15, 0.2) is 5.75 Å². The average molecular weight is 558 g/mol. The number of thioether (sulfide) groups is 1. The third kappa shape index (κ3) is 4.67. The van der Waals surface area contributed by atoms with E-state index in [2.05, 4.69) is 0 Å². The number of rotatable bonds is 5. The summed E-state index contributed by atoms with van der Waals surface area (Å²) in [6.07, 6.45) is -1.53. The number of aromatic nitrogens is 1. The molecule has 0 bridgehead atoms. The number of nitrogens with zero attached hydrogens (tertiary/aromatic N) is 3. The number of carbonyl (C=O) groups excluding carboxylic acids is 1. The van der Waals surface area contributed by atoms with Crippen LogP contribution in [0.5, 0.6) is 5.75 Å². The van der Waals surface area contributed by atoms with Gasteiger partial charge in [-0.1, -0.05) is 24.0 Å². The smallest absolute Gasteiger partial charge is 0.416 e. The lowest BCUT2D eigenvalue weighted by atomic mass is 10.1. The van der Waals surface area contributed by atoms with Crippen LogP contribution in [0.2, 0.25) is 0 Å². The number of thiazole rings is 1. The minimum absolute atomic E-state index is 0.0856. The van der Waals surface area contributed by atoms with E-state index >= 15 is 0 Å². The summed E-state index contributed by atoms with van der Waals surface area (Å²) in [5.74, 6) is -1.30. The second-order valence-corrected chi connectivity index (χ2v) is 10.2. The first-order chi connectivity index (χ1) is 17.0. The van der Waals surface area contributed by atoms with Crippen molar-refractivity contribution >= 4 is 68.2 Å². The van der Waals surface area contributed by atoms with Crippen molar-refractivity contribution in [1.82, 2.24) is 9.47 Å². The van der Waals surface area contributed by atoms with Gasteiger partial charge in [0.2, 0.25) is 5.88 Å². The molecule has 1 aromatic heterocycles. The molecule has 0 unspecified atom stereocenters. The minimum Gasteiger partial charge on any atom is -0.480 e. The van der Waals surface area contributed by atoms with E-state index in [4.69, 9.17) is 22.1 Å². The third-order valence-electron chi connectivity index (χ3n) is 5.31. The van der Waals surface area contributed by atoms with Crippen molar-refractivity contribution in [2.75, 3.05) is 18.0 Å². The van der Waals surface area contributed by atoms with Crippen molar-refractivity contribution < 1.29 is 32.6 Å². The molecule has 14 heteroatoms.